The molecule has 0 saturated carbocycles. The van der Waals surface area contributed by atoms with Gasteiger partial charge in [0.15, 0.2) is 0 Å². The van der Waals surface area contributed by atoms with E-state index in [0.717, 1.165) is 0 Å². The van der Waals surface area contributed by atoms with Gasteiger partial charge in [-0.05, 0) is 39.3 Å². The van der Waals surface area contributed by atoms with Gasteiger partial charge < -0.3 is 20.5 Å². The van der Waals surface area contributed by atoms with Gasteiger partial charge in [-0.3, -0.25) is 0 Å². The molecular formula is C15H22ClFN2O3. The molecule has 0 aliphatic rings. The van der Waals surface area contributed by atoms with Crippen LogP contribution in [0.3, 0.4) is 0 Å². The summed E-state index contributed by atoms with van der Waals surface area (Å²) in [5, 5.41) is 2.61. The minimum atomic E-state index is -0.614. The first kappa shape index (κ1) is 18.5. The maximum absolute atomic E-state index is 13.6. The molecule has 5 nitrogen and oxygen atoms in total. The largest absolute Gasteiger partial charge is 0.496 e. The maximum Gasteiger partial charge on any atom is 0.407 e. The fourth-order valence-electron chi connectivity index (χ4n) is 1.87. The molecule has 0 aromatic heterocycles. The van der Waals surface area contributed by atoms with Crippen molar-refractivity contribution in [3.05, 3.63) is 28.5 Å². The quantitative estimate of drug-likeness (QED) is 0.869. The standard InChI is InChI=1S/C15H22ClFN2O3/c1-15(2,3)22-14(20)19-9(8-18)7-10-12(21-4)6-5-11(17)13(10)16/h5-6,9H,7-8,18H2,1-4H3,(H,19,20). The Morgan fingerprint density at radius 3 is 2.59 bits per heavy atom. The van der Waals surface area contributed by atoms with Crippen molar-refractivity contribution in [1.82, 2.24) is 5.32 Å². The van der Waals surface area contributed by atoms with Gasteiger partial charge in [0.05, 0.1) is 12.1 Å². The number of nitrogens with one attached hydrogen (secondary N) is 1. The number of carbonyl (C=O) groups is 1. The second-order valence-electron chi connectivity index (χ2n) is 5.83. The highest BCUT2D eigenvalue weighted by atomic mass is 35.5. The molecule has 1 amide bonds. The number of amides is 1. The summed E-state index contributed by atoms with van der Waals surface area (Å²) in [6, 6.07) is 2.25. The molecular weight excluding hydrogens is 311 g/mol. The summed E-state index contributed by atoms with van der Waals surface area (Å²) in [5.41, 5.74) is 5.51. The monoisotopic (exact) mass is 332 g/mol. The Bertz CT molecular complexity index is 532. The van der Waals surface area contributed by atoms with Gasteiger partial charge in [0.2, 0.25) is 0 Å². The number of ether oxygens (including phenoxy) is 2. The average Bonchev–Trinajstić information content (AvgIpc) is 2.41. The lowest BCUT2D eigenvalue weighted by molar-refractivity contribution is 0.0505. The van der Waals surface area contributed by atoms with Crippen LogP contribution in [0, 0.1) is 5.82 Å². The highest BCUT2D eigenvalue weighted by Crippen LogP contribution is 2.30. The molecule has 1 aromatic carbocycles. The number of carbonyl (C=O) groups excluding carboxylic acids is 1. The summed E-state index contributed by atoms with van der Waals surface area (Å²) in [5.74, 6) is -0.110. The molecule has 1 unspecified atom stereocenters. The molecule has 0 aliphatic heterocycles. The van der Waals surface area contributed by atoms with Gasteiger partial charge in [0.1, 0.15) is 17.2 Å². The van der Waals surface area contributed by atoms with Crippen molar-refractivity contribution in [1.29, 1.82) is 0 Å². The van der Waals surface area contributed by atoms with E-state index in [1.165, 1.54) is 19.2 Å². The Morgan fingerprint density at radius 2 is 2.09 bits per heavy atom. The third-order valence-electron chi connectivity index (χ3n) is 2.83. The van der Waals surface area contributed by atoms with Gasteiger partial charge in [-0.1, -0.05) is 11.6 Å². The molecule has 1 rings (SSSR count). The summed E-state index contributed by atoms with van der Waals surface area (Å²) in [7, 11) is 1.46. The van der Waals surface area contributed by atoms with E-state index in [0.29, 0.717) is 11.3 Å². The predicted molar refractivity (Wildman–Crippen MR) is 83.9 cm³/mol. The topological polar surface area (TPSA) is 73.6 Å². The van der Waals surface area contributed by atoms with Crippen LogP contribution in [-0.2, 0) is 11.2 Å². The van der Waals surface area contributed by atoms with Gasteiger partial charge in [-0.2, -0.15) is 0 Å². The SMILES string of the molecule is COc1ccc(F)c(Cl)c1CC(CN)NC(=O)OC(C)(C)C. The number of hydrogen-bond acceptors (Lipinski definition) is 4. The third kappa shape index (κ3) is 5.35. The summed E-state index contributed by atoms with van der Waals surface area (Å²) < 4.78 is 24.0. The Labute approximate surface area is 134 Å². The third-order valence-corrected chi connectivity index (χ3v) is 3.24. The van der Waals surface area contributed by atoms with Crippen LogP contribution in [0.4, 0.5) is 9.18 Å². The Balaban J connectivity index is 2.87. The first-order valence-corrected chi connectivity index (χ1v) is 7.26. The normalized spacial score (nSPS) is 12.7. The first-order chi connectivity index (χ1) is 10.2. The van der Waals surface area contributed by atoms with Crippen LogP contribution in [-0.4, -0.2) is 31.4 Å². The molecule has 0 radical (unpaired) electrons. The zero-order valence-corrected chi connectivity index (χ0v) is 14.0. The molecule has 0 fully saturated rings. The maximum atomic E-state index is 13.6. The molecule has 124 valence electrons. The molecule has 22 heavy (non-hydrogen) atoms. The van der Waals surface area contributed by atoms with E-state index >= 15 is 0 Å². The predicted octanol–water partition coefficient (Wildman–Crippen LogP) is 2.88. The summed E-state index contributed by atoms with van der Waals surface area (Å²) in [6.07, 6.45) is -0.357. The number of hydrogen-bond donors (Lipinski definition) is 2. The lowest BCUT2D eigenvalue weighted by atomic mass is 10.0. The molecule has 0 heterocycles. The van der Waals surface area contributed by atoms with Crippen molar-refractivity contribution in [3.8, 4) is 5.75 Å². The Morgan fingerprint density at radius 1 is 1.45 bits per heavy atom. The van der Waals surface area contributed by atoms with E-state index in [-0.39, 0.29) is 18.0 Å². The number of benzene rings is 1. The Kier molecular flexibility index (Phi) is 6.44. The van der Waals surface area contributed by atoms with Gasteiger partial charge in [0, 0.05) is 18.2 Å². The molecule has 3 N–H and O–H groups in total. The first-order valence-electron chi connectivity index (χ1n) is 6.88. The van der Waals surface area contributed by atoms with Gasteiger partial charge in [-0.15, -0.1) is 0 Å². The fraction of sp³-hybridized carbons (Fsp3) is 0.533. The van der Waals surface area contributed by atoms with Crippen molar-refractivity contribution in [2.75, 3.05) is 13.7 Å². The molecule has 0 saturated heterocycles. The summed E-state index contributed by atoms with van der Waals surface area (Å²) in [6.45, 7) is 5.43. The Hall–Kier alpha value is -1.53. The van der Waals surface area contributed by atoms with Crippen LogP contribution < -0.4 is 15.8 Å². The summed E-state index contributed by atoms with van der Waals surface area (Å²) in [4.78, 5) is 11.8. The van der Waals surface area contributed by atoms with Crippen molar-refractivity contribution < 1.29 is 18.7 Å². The van der Waals surface area contributed by atoms with Crippen LogP contribution in [0.5, 0.6) is 5.75 Å². The number of methoxy groups -OCH3 is 1. The highest BCUT2D eigenvalue weighted by molar-refractivity contribution is 6.31. The van der Waals surface area contributed by atoms with E-state index in [1.54, 1.807) is 20.8 Å². The molecule has 1 aromatic rings. The number of nitrogens with two attached hydrogens (primary N) is 1. The van der Waals surface area contributed by atoms with E-state index in [9.17, 15) is 9.18 Å². The van der Waals surface area contributed by atoms with Crippen molar-refractivity contribution in [2.45, 2.75) is 38.8 Å². The van der Waals surface area contributed by atoms with E-state index in [4.69, 9.17) is 26.8 Å². The molecule has 7 heteroatoms. The number of halogens is 2. The molecule has 1 atom stereocenters. The van der Waals surface area contributed by atoms with Crippen LogP contribution in [0.1, 0.15) is 26.3 Å². The van der Waals surface area contributed by atoms with Crippen LogP contribution in [0.25, 0.3) is 0 Å². The van der Waals surface area contributed by atoms with Gasteiger partial charge >= 0.3 is 6.09 Å². The second-order valence-corrected chi connectivity index (χ2v) is 6.20. The van der Waals surface area contributed by atoms with E-state index < -0.39 is 23.6 Å². The van der Waals surface area contributed by atoms with Gasteiger partial charge in [0.25, 0.3) is 0 Å². The van der Waals surface area contributed by atoms with E-state index in [1.807, 2.05) is 0 Å². The lowest BCUT2D eigenvalue weighted by Crippen LogP contribution is -2.44. The van der Waals surface area contributed by atoms with Gasteiger partial charge in [-0.25, -0.2) is 9.18 Å². The molecule has 0 aliphatic carbocycles. The van der Waals surface area contributed by atoms with Crippen LogP contribution in [0.15, 0.2) is 12.1 Å². The minimum Gasteiger partial charge on any atom is -0.496 e. The van der Waals surface area contributed by atoms with Crippen LogP contribution in [0.2, 0.25) is 5.02 Å². The highest BCUT2D eigenvalue weighted by Gasteiger charge is 2.22. The molecule has 0 bridgehead atoms. The number of alkyl carbamates (subject to hydrolysis) is 1. The van der Waals surface area contributed by atoms with Crippen molar-refractivity contribution in [3.63, 3.8) is 0 Å². The number of rotatable bonds is 5. The zero-order valence-electron chi connectivity index (χ0n) is 13.2. The smallest absolute Gasteiger partial charge is 0.407 e. The van der Waals surface area contributed by atoms with Crippen molar-refractivity contribution in [2.24, 2.45) is 5.73 Å². The molecule has 0 spiro atoms. The van der Waals surface area contributed by atoms with E-state index in [2.05, 4.69) is 5.32 Å². The zero-order chi connectivity index (χ0) is 16.9. The lowest BCUT2D eigenvalue weighted by Gasteiger charge is -2.23. The van der Waals surface area contributed by atoms with Crippen LogP contribution >= 0.6 is 11.6 Å². The summed E-state index contributed by atoms with van der Waals surface area (Å²) >= 11 is 5.98. The average molecular weight is 333 g/mol. The van der Waals surface area contributed by atoms with Crippen molar-refractivity contribution >= 4 is 17.7 Å². The minimum absolute atomic E-state index is 0.0382. The second kappa shape index (κ2) is 7.65. The fourth-order valence-corrected chi connectivity index (χ4v) is 2.10.